The van der Waals surface area contributed by atoms with Crippen molar-refractivity contribution in [2.75, 3.05) is 5.32 Å². The van der Waals surface area contributed by atoms with E-state index in [2.05, 4.69) is 15.5 Å². The second-order valence-corrected chi connectivity index (χ2v) is 5.57. The molecule has 24 heavy (non-hydrogen) atoms. The Kier molecular flexibility index (Phi) is 4.70. The molecule has 3 rings (SSSR count). The number of aromatic nitrogens is 2. The van der Waals surface area contributed by atoms with Crippen LogP contribution in [0.3, 0.4) is 0 Å². The van der Waals surface area contributed by atoms with E-state index in [9.17, 15) is 9.18 Å². The maximum atomic E-state index is 13.4. The molecule has 2 N–H and O–H groups in total. The fourth-order valence-corrected chi connectivity index (χ4v) is 2.68. The van der Waals surface area contributed by atoms with E-state index in [4.69, 9.17) is 0 Å². The zero-order chi connectivity index (χ0) is 16.9. The van der Waals surface area contributed by atoms with Gasteiger partial charge in [-0.2, -0.15) is 5.10 Å². The van der Waals surface area contributed by atoms with Gasteiger partial charge in [-0.3, -0.25) is 9.89 Å². The highest BCUT2D eigenvalue weighted by Crippen LogP contribution is 2.24. The summed E-state index contributed by atoms with van der Waals surface area (Å²) in [5, 5.41) is 9.59. The number of anilines is 1. The van der Waals surface area contributed by atoms with Crippen LogP contribution in [0.1, 0.15) is 24.8 Å². The number of amides is 1. The lowest BCUT2D eigenvalue weighted by Gasteiger charge is -2.15. The monoisotopic (exact) mass is 323 g/mol. The number of hydrogen-bond donors (Lipinski definition) is 2. The number of nitrogens with one attached hydrogen (secondary N) is 2. The van der Waals surface area contributed by atoms with Crippen LogP contribution < -0.4 is 5.32 Å². The van der Waals surface area contributed by atoms with Gasteiger partial charge in [-0.05, 0) is 41.8 Å². The van der Waals surface area contributed by atoms with Gasteiger partial charge < -0.3 is 5.32 Å². The summed E-state index contributed by atoms with van der Waals surface area (Å²) >= 11 is 0. The Morgan fingerprint density at radius 3 is 2.62 bits per heavy atom. The molecule has 1 atom stereocenters. The van der Waals surface area contributed by atoms with Crippen molar-refractivity contribution in [2.45, 2.75) is 19.3 Å². The van der Waals surface area contributed by atoms with Crippen molar-refractivity contribution in [3.8, 4) is 11.1 Å². The minimum atomic E-state index is -0.380. The maximum absolute atomic E-state index is 13.4. The largest absolute Gasteiger partial charge is 0.326 e. The third kappa shape index (κ3) is 3.51. The van der Waals surface area contributed by atoms with Crippen LogP contribution >= 0.6 is 0 Å². The first-order valence-corrected chi connectivity index (χ1v) is 7.83. The Balaban J connectivity index is 1.73. The normalized spacial score (nSPS) is 11.9. The summed E-state index contributed by atoms with van der Waals surface area (Å²) in [6.45, 7) is 1.91. The van der Waals surface area contributed by atoms with E-state index >= 15 is 0 Å². The lowest BCUT2D eigenvalue weighted by Crippen LogP contribution is -2.20. The predicted octanol–water partition coefficient (Wildman–Crippen LogP) is 4.35. The molecule has 1 amide bonds. The molecule has 4 nitrogen and oxygen atoms in total. The summed E-state index contributed by atoms with van der Waals surface area (Å²) < 4.78 is 13.4. The van der Waals surface area contributed by atoms with E-state index in [1.807, 2.05) is 37.4 Å². The van der Waals surface area contributed by atoms with Crippen LogP contribution in [0, 0.1) is 5.82 Å². The second-order valence-electron chi connectivity index (χ2n) is 5.57. The van der Waals surface area contributed by atoms with Gasteiger partial charge in [0.15, 0.2) is 0 Å². The Labute approximate surface area is 139 Å². The highest BCUT2D eigenvalue weighted by atomic mass is 19.1. The van der Waals surface area contributed by atoms with Gasteiger partial charge in [-0.25, -0.2) is 4.39 Å². The van der Waals surface area contributed by atoms with Crippen LogP contribution in [0.4, 0.5) is 10.1 Å². The summed E-state index contributed by atoms with van der Waals surface area (Å²) in [6, 6.07) is 13.7. The molecule has 0 aliphatic rings. The van der Waals surface area contributed by atoms with Crippen molar-refractivity contribution in [1.29, 1.82) is 0 Å². The van der Waals surface area contributed by atoms with Gasteiger partial charge in [-0.1, -0.05) is 31.2 Å². The van der Waals surface area contributed by atoms with Crippen molar-refractivity contribution in [2.24, 2.45) is 0 Å². The van der Waals surface area contributed by atoms with Gasteiger partial charge >= 0.3 is 0 Å². The number of H-pyrrole nitrogens is 1. The highest BCUT2D eigenvalue weighted by molar-refractivity contribution is 5.96. The molecule has 0 spiro atoms. The molecule has 1 aromatic heterocycles. The maximum Gasteiger partial charge on any atom is 0.231 e. The lowest BCUT2D eigenvalue weighted by molar-refractivity contribution is -0.117. The van der Waals surface area contributed by atoms with Crippen molar-refractivity contribution >= 4 is 11.6 Å². The van der Waals surface area contributed by atoms with Crippen LogP contribution in [0.5, 0.6) is 0 Å². The topological polar surface area (TPSA) is 57.8 Å². The first-order chi connectivity index (χ1) is 11.7. The Morgan fingerprint density at radius 1 is 1.21 bits per heavy atom. The minimum Gasteiger partial charge on any atom is -0.326 e. The zero-order valence-electron chi connectivity index (χ0n) is 13.3. The SMILES string of the molecule is CCC(C(=O)Nc1ccc(-c2cn[nH]c2)cc1)c1cccc(F)c1. The molecule has 0 bridgehead atoms. The second kappa shape index (κ2) is 7.08. The third-order valence-corrected chi connectivity index (χ3v) is 3.96. The van der Waals surface area contributed by atoms with E-state index in [0.717, 1.165) is 11.1 Å². The Hall–Kier alpha value is -2.95. The summed E-state index contributed by atoms with van der Waals surface area (Å²) in [5.74, 6) is -0.850. The summed E-state index contributed by atoms with van der Waals surface area (Å²) in [4.78, 5) is 12.5. The number of aromatic amines is 1. The molecule has 0 aliphatic carbocycles. The lowest BCUT2D eigenvalue weighted by atomic mass is 9.95. The van der Waals surface area contributed by atoms with Crippen molar-refractivity contribution < 1.29 is 9.18 Å². The number of carbonyl (C=O) groups is 1. The predicted molar refractivity (Wildman–Crippen MR) is 92.1 cm³/mol. The fraction of sp³-hybridized carbons (Fsp3) is 0.158. The van der Waals surface area contributed by atoms with Crippen LogP contribution in [-0.2, 0) is 4.79 Å². The van der Waals surface area contributed by atoms with Gasteiger partial charge in [0.25, 0.3) is 0 Å². The Bertz CT molecular complexity index is 813. The molecule has 0 radical (unpaired) electrons. The van der Waals surface area contributed by atoms with Gasteiger partial charge in [0.2, 0.25) is 5.91 Å². The summed E-state index contributed by atoms with van der Waals surface area (Å²) in [7, 11) is 0. The average molecular weight is 323 g/mol. The summed E-state index contributed by atoms with van der Waals surface area (Å²) in [5.41, 5.74) is 3.39. The third-order valence-electron chi connectivity index (χ3n) is 3.96. The molecule has 0 aliphatic heterocycles. The van der Waals surface area contributed by atoms with Crippen LogP contribution in [0.15, 0.2) is 60.9 Å². The van der Waals surface area contributed by atoms with E-state index < -0.39 is 0 Å². The number of carbonyl (C=O) groups excluding carboxylic acids is 1. The first-order valence-electron chi connectivity index (χ1n) is 7.83. The molecular weight excluding hydrogens is 305 g/mol. The Morgan fingerprint density at radius 2 is 2.00 bits per heavy atom. The minimum absolute atomic E-state index is 0.140. The molecule has 5 heteroatoms. The molecule has 1 heterocycles. The number of nitrogens with zero attached hydrogens (tertiary/aromatic N) is 1. The molecule has 1 unspecified atom stereocenters. The van der Waals surface area contributed by atoms with Gasteiger partial charge in [0.1, 0.15) is 5.82 Å². The number of rotatable bonds is 5. The highest BCUT2D eigenvalue weighted by Gasteiger charge is 2.19. The van der Waals surface area contributed by atoms with E-state index in [0.29, 0.717) is 17.7 Å². The van der Waals surface area contributed by atoms with Crippen molar-refractivity contribution in [3.05, 3.63) is 72.3 Å². The molecule has 0 fully saturated rings. The number of benzene rings is 2. The molecular formula is C19H18FN3O. The van der Waals surface area contributed by atoms with Crippen LogP contribution in [0.25, 0.3) is 11.1 Å². The van der Waals surface area contributed by atoms with E-state index in [-0.39, 0.29) is 17.6 Å². The molecule has 122 valence electrons. The van der Waals surface area contributed by atoms with E-state index in [1.54, 1.807) is 18.3 Å². The number of halogens is 1. The smallest absolute Gasteiger partial charge is 0.231 e. The van der Waals surface area contributed by atoms with Crippen LogP contribution in [0.2, 0.25) is 0 Å². The zero-order valence-corrected chi connectivity index (χ0v) is 13.3. The molecule has 2 aromatic carbocycles. The van der Waals surface area contributed by atoms with Gasteiger partial charge in [0, 0.05) is 17.4 Å². The standard InChI is InChI=1S/C19H18FN3O/c1-2-18(14-4-3-5-16(20)10-14)19(24)23-17-8-6-13(7-9-17)15-11-21-22-12-15/h3-12,18H,2H2,1H3,(H,21,22)(H,23,24). The van der Waals surface area contributed by atoms with E-state index in [1.165, 1.54) is 12.1 Å². The first kappa shape index (κ1) is 15.9. The van der Waals surface area contributed by atoms with Crippen molar-refractivity contribution in [1.82, 2.24) is 10.2 Å². The molecule has 3 aromatic rings. The van der Waals surface area contributed by atoms with Gasteiger partial charge in [-0.15, -0.1) is 0 Å². The average Bonchev–Trinajstić information content (AvgIpc) is 3.11. The number of hydrogen-bond acceptors (Lipinski definition) is 2. The van der Waals surface area contributed by atoms with Crippen LogP contribution in [-0.4, -0.2) is 16.1 Å². The van der Waals surface area contributed by atoms with Crippen molar-refractivity contribution in [3.63, 3.8) is 0 Å². The fourth-order valence-electron chi connectivity index (χ4n) is 2.68. The van der Waals surface area contributed by atoms with Gasteiger partial charge in [0.05, 0.1) is 12.1 Å². The molecule has 0 saturated heterocycles. The summed E-state index contributed by atoms with van der Waals surface area (Å²) in [6.07, 6.45) is 4.15. The quantitative estimate of drug-likeness (QED) is 0.733. The molecule has 0 saturated carbocycles.